The van der Waals surface area contributed by atoms with Gasteiger partial charge in [-0.3, -0.25) is 5.14 Å². The summed E-state index contributed by atoms with van der Waals surface area (Å²) in [5.41, 5.74) is 0. The van der Waals surface area contributed by atoms with Crippen molar-refractivity contribution in [2.75, 3.05) is 0 Å². The van der Waals surface area contributed by atoms with Gasteiger partial charge < -0.3 is 4.72 Å². The lowest BCUT2D eigenvalue weighted by atomic mass is 11.4. The second-order valence-electron chi connectivity index (χ2n) is 0.622. The van der Waals surface area contributed by atoms with Crippen LogP contribution in [0.15, 0.2) is 10.2 Å². The summed E-state index contributed by atoms with van der Waals surface area (Å²) in [7, 11) is 0. The van der Waals surface area contributed by atoms with Crippen molar-refractivity contribution < 1.29 is 0 Å². The third kappa shape index (κ3) is 5.45. The van der Waals surface area contributed by atoms with Crippen LogP contribution in [0, 0.1) is 0 Å². The Balaban J connectivity index is 2.92. The molecule has 4 nitrogen and oxygen atoms in total. The van der Waals surface area contributed by atoms with Gasteiger partial charge in [0.1, 0.15) is 6.34 Å². The van der Waals surface area contributed by atoms with Gasteiger partial charge in [-0.15, -0.1) is 5.10 Å². The van der Waals surface area contributed by atoms with E-state index in [0.717, 1.165) is 12.1 Å². The average Bonchev–Trinajstić information content (AvgIpc) is 1.69. The summed E-state index contributed by atoms with van der Waals surface area (Å²) in [4.78, 5) is 0. The Bertz CT molecular complexity index is 70.1. The van der Waals surface area contributed by atoms with Gasteiger partial charge in [-0.2, -0.15) is 5.10 Å². The van der Waals surface area contributed by atoms with E-state index in [1.54, 1.807) is 0 Å². The summed E-state index contributed by atoms with van der Waals surface area (Å²) >= 11 is 0.954. The number of hydrogen-bond acceptors (Lipinski definition) is 4. The van der Waals surface area contributed by atoms with Crippen molar-refractivity contribution in [3.05, 3.63) is 0 Å². The van der Waals surface area contributed by atoms with E-state index in [2.05, 4.69) is 21.6 Å². The summed E-state index contributed by atoms with van der Waals surface area (Å²) in [6.45, 7) is 3.09. The first-order chi connectivity index (χ1) is 3.41. The first-order valence-corrected chi connectivity index (χ1v) is 2.38. The van der Waals surface area contributed by atoms with Crippen LogP contribution < -0.4 is 9.86 Å². The molecule has 0 aliphatic rings. The van der Waals surface area contributed by atoms with Crippen molar-refractivity contribution in [3.63, 3.8) is 0 Å². The molecule has 0 radical (unpaired) electrons. The van der Waals surface area contributed by atoms with Crippen molar-refractivity contribution in [1.29, 1.82) is 0 Å². The molecule has 0 unspecified atom stereocenters. The van der Waals surface area contributed by atoms with Crippen LogP contribution in [0.25, 0.3) is 0 Å². The van der Waals surface area contributed by atoms with Crippen molar-refractivity contribution in [1.82, 2.24) is 4.72 Å². The van der Waals surface area contributed by atoms with Gasteiger partial charge in [0.2, 0.25) is 0 Å². The summed E-state index contributed by atoms with van der Waals surface area (Å²) < 4.78 is 2.52. The maximum absolute atomic E-state index is 4.92. The highest BCUT2D eigenvalue weighted by Crippen LogP contribution is 1.67. The van der Waals surface area contributed by atoms with E-state index < -0.39 is 0 Å². The molecule has 0 saturated carbocycles. The van der Waals surface area contributed by atoms with Crippen molar-refractivity contribution in [3.8, 4) is 0 Å². The van der Waals surface area contributed by atoms with E-state index in [9.17, 15) is 0 Å². The molecule has 0 aromatic rings. The fourth-order valence-electron chi connectivity index (χ4n) is 0.0948. The molecule has 0 fully saturated rings. The number of hydrogen-bond donors (Lipinski definition) is 2. The van der Waals surface area contributed by atoms with Crippen LogP contribution in [0.1, 0.15) is 0 Å². The molecule has 0 aliphatic heterocycles. The number of rotatable bonds is 3. The Labute approximate surface area is 46.1 Å². The molecular weight excluding hydrogens is 112 g/mol. The predicted octanol–water partition coefficient (Wildman–Crippen LogP) is -0.258. The van der Waals surface area contributed by atoms with E-state index in [4.69, 9.17) is 5.14 Å². The minimum absolute atomic E-state index is 0.954. The number of nitrogens with one attached hydrogen (secondary N) is 1. The summed E-state index contributed by atoms with van der Waals surface area (Å²) in [5, 5.41) is 11.4. The van der Waals surface area contributed by atoms with Gasteiger partial charge in [-0.25, -0.2) is 0 Å². The van der Waals surface area contributed by atoms with E-state index in [1.165, 1.54) is 6.34 Å². The van der Waals surface area contributed by atoms with Crippen LogP contribution in [0.4, 0.5) is 0 Å². The van der Waals surface area contributed by atoms with Crippen LogP contribution >= 0.6 is 12.1 Å². The molecule has 5 heteroatoms. The zero-order chi connectivity index (χ0) is 5.54. The highest BCUT2D eigenvalue weighted by atomic mass is 32.2. The molecule has 0 bridgehead atoms. The SMILES string of the molecule is C=N/N=C/NSN. The Morgan fingerprint density at radius 3 is 3.00 bits per heavy atom. The van der Waals surface area contributed by atoms with Gasteiger partial charge in [-0.1, -0.05) is 0 Å². The van der Waals surface area contributed by atoms with Crippen molar-refractivity contribution in [2.45, 2.75) is 0 Å². The molecule has 0 atom stereocenters. The van der Waals surface area contributed by atoms with Gasteiger partial charge in [0.05, 0.1) is 0 Å². The first kappa shape index (κ1) is 6.45. The van der Waals surface area contributed by atoms with Crippen LogP contribution in [0.5, 0.6) is 0 Å². The quantitative estimate of drug-likeness (QED) is 0.232. The average molecular weight is 118 g/mol. The summed E-state index contributed by atoms with van der Waals surface area (Å²) in [6.07, 6.45) is 1.34. The monoisotopic (exact) mass is 118 g/mol. The van der Waals surface area contributed by atoms with Gasteiger partial charge in [0.25, 0.3) is 0 Å². The molecule has 7 heavy (non-hydrogen) atoms. The fraction of sp³-hybridized carbons (Fsp3) is 0. The Kier molecular flexibility index (Phi) is 5.02. The molecule has 0 amide bonds. The van der Waals surface area contributed by atoms with Crippen molar-refractivity contribution in [2.24, 2.45) is 15.3 Å². The largest absolute Gasteiger partial charge is 0.306 e. The van der Waals surface area contributed by atoms with E-state index in [0.29, 0.717) is 0 Å². The molecule has 40 valence electrons. The molecular formula is C2H6N4S. The zero-order valence-corrected chi connectivity index (χ0v) is 4.48. The molecule has 0 aromatic carbocycles. The summed E-state index contributed by atoms with van der Waals surface area (Å²) in [5.74, 6) is 0. The van der Waals surface area contributed by atoms with Gasteiger partial charge in [0.15, 0.2) is 0 Å². The second kappa shape index (κ2) is 5.45. The lowest BCUT2D eigenvalue weighted by Crippen LogP contribution is -2.01. The highest BCUT2D eigenvalue weighted by Gasteiger charge is 1.62. The van der Waals surface area contributed by atoms with Gasteiger partial charge >= 0.3 is 0 Å². The molecule has 0 aromatic heterocycles. The van der Waals surface area contributed by atoms with E-state index >= 15 is 0 Å². The fourth-order valence-corrected chi connectivity index (χ4v) is 0.203. The molecule has 3 N–H and O–H groups in total. The normalized spacial score (nSPS) is 9.29. The molecule has 0 heterocycles. The Morgan fingerprint density at radius 2 is 2.57 bits per heavy atom. The van der Waals surface area contributed by atoms with Crippen LogP contribution in [-0.4, -0.2) is 13.1 Å². The van der Waals surface area contributed by atoms with Gasteiger partial charge in [0, 0.05) is 18.9 Å². The van der Waals surface area contributed by atoms with E-state index in [-0.39, 0.29) is 0 Å². The molecule has 0 saturated heterocycles. The van der Waals surface area contributed by atoms with E-state index in [1.807, 2.05) is 0 Å². The third-order valence-corrected chi connectivity index (χ3v) is 0.502. The summed E-state index contributed by atoms with van der Waals surface area (Å²) in [6, 6.07) is 0. The lowest BCUT2D eigenvalue weighted by molar-refractivity contribution is 1.26. The van der Waals surface area contributed by atoms with Crippen LogP contribution in [0.2, 0.25) is 0 Å². The molecule has 0 spiro atoms. The predicted molar refractivity (Wildman–Crippen MR) is 33.0 cm³/mol. The third-order valence-electron chi connectivity index (χ3n) is 0.260. The maximum Gasteiger partial charge on any atom is 0.122 e. The molecule has 0 rings (SSSR count). The van der Waals surface area contributed by atoms with Crippen LogP contribution in [0.3, 0.4) is 0 Å². The molecule has 0 aliphatic carbocycles. The zero-order valence-electron chi connectivity index (χ0n) is 3.66. The Morgan fingerprint density at radius 1 is 1.86 bits per heavy atom. The maximum atomic E-state index is 4.92. The Hall–Kier alpha value is -0.550. The lowest BCUT2D eigenvalue weighted by Gasteiger charge is -1.83. The standard InChI is InChI=1S/C2H6N4S/c1-4-5-2-6-7-3/h2H,1,3H2,(H,5,6). The number of nitrogens with zero attached hydrogens (tertiary/aromatic N) is 2. The first-order valence-electron chi connectivity index (χ1n) is 1.50. The van der Waals surface area contributed by atoms with Crippen molar-refractivity contribution >= 4 is 25.2 Å². The smallest absolute Gasteiger partial charge is 0.122 e. The minimum Gasteiger partial charge on any atom is -0.306 e. The van der Waals surface area contributed by atoms with Crippen LogP contribution in [-0.2, 0) is 0 Å². The van der Waals surface area contributed by atoms with Gasteiger partial charge in [-0.05, 0) is 0 Å². The topological polar surface area (TPSA) is 62.8 Å². The number of nitrogens with two attached hydrogens (primary N) is 1. The highest BCUT2D eigenvalue weighted by molar-refractivity contribution is 7.95. The minimum atomic E-state index is 0.954. The second-order valence-corrected chi connectivity index (χ2v) is 1.09.